The molecule has 0 unspecified atom stereocenters. The van der Waals surface area contributed by atoms with Crippen LogP contribution >= 0.6 is 0 Å². The zero-order chi connectivity index (χ0) is 11.9. The number of fused-ring (bicyclic) bond motifs is 1. The van der Waals surface area contributed by atoms with Crippen LogP contribution in [0.5, 0.6) is 0 Å². The molecule has 0 amide bonds. The molecule has 5 nitrogen and oxygen atoms in total. The van der Waals surface area contributed by atoms with Crippen LogP contribution in [0.15, 0.2) is 32.2 Å². The summed E-state index contributed by atoms with van der Waals surface area (Å²) < 4.78 is 6.06. The highest BCUT2D eigenvalue weighted by molar-refractivity contribution is 5.81. The summed E-state index contributed by atoms with van der Waals surface area (Å²) in [5.41, 5.74) is 5.95. The van der Waals surface area contributed by atoms with Crippen LogP contribution in [0.1, 0.15) is 19.9 Å². The van der Waals surface area contributed by atoms with Crippen molar-refractivity contribution in [2.24, 2.45) is 0 Å². The maximum Gasteiger partial charge on any atom is 0.422 e. The third-order valence-electron chi connectivity index (χ3n) is 2.39. The molecule has 1 heterocycles. The van der Waals surface area contributed by atoms with Crippen molar-refractivity contribution in [1.29, 1.82) is 0 Å². The quantitative estimate of drug-likeness (QED) is 0.730. The first-order valence-electron chi connectivity index (χ1n) is 4.95. The van der Waals surface area contributed by atoms with Crippen molar-refractivity contribution >= 4 is 16.6 Å². The van der Waals surface area contributed by atoms with Gasteiger partial charge in [0.1, 0.15) is 0 Å². The summed E-state index contributed by atoms with van der Waals surface area (Å²) in [7, 11) is 0. The summed E-state index contributed by atoms with van der Waals surface area (Å²) in [4.78, 5) is 23.0. The number of hydrogen-bond acceptors (Lipinski definition) is 4. The van der Waals surface area contributed by atoms with Crippen molar-refractivity contribution in [2.75, 3.05) is 5.73 Å². The molecule has 0 saturated carbocycles. The Balaban J connectivity index is 3.02. The van der Waals surface area contributed by atoms with Gasteiger partial charge in [0.2, 0.25) is 0 Å². The maximum absolute atomic E-state index is 11.5. The fraction of sp³-hybridized carbons (Fsp3) is 0.273. The summed E-state index contributed by atoms with van der Waals surface area (Å²) in [5.74, 6) is -0.641. The Morgan fingerprint density at radius 1 is 1.31 bits per heavy atom. The minimum absolute atomic E-state index is 0.0806. The lowest BCUT2D eigenvalue weighted by Gasteiger charge is -2.11. The first-order chi connectivity index (χ1) is 7.50. The van der Waals surface area contributed by atoms with Crippen molar-refractivity contribution in [3.05, 3.63) is 39.2 Å². The van der Waals surface area contributed by atoms with Gasteiger partial charge in [0.15, 0.2) is 0 Å². The molecular weight excluding hydrogens is 208 g/mol. The fourth-order valence-corrected chi connectivity index (χ4v) is 1.70. The van der Waals surface area contributed by atoms with E-state index in [-0.39, 0.29) is 6.04 Å². The SMILES string of the molecule is CC(C)n1c(=O)oc(=O)c2cc(N)ccc21. The van der Waals surface area contributed by atoms with E-state index in [1.54, 1.807) is 12.1 Å². The van der Waals surface area contributed by atoms with E-state index in [2.05, 4.69) is 4.42 Å². The van der Waals surface area contributed by atoms with E-state index in [0.29, 0.717) is 16.6 Å². The average molecular weight is 220 g/mol. The van der Waals surface area contributed by atoms with Crippen molar-refractivity contribution in [3.63, 3.8) is 0 Å². The normalized spacial score (nSPS) is 11.2. The van der Waals surface area contributed by atoms with Crippen LogP contribution in [0.4, 0.5) is 5.69 Å². The minimum Gasteiger partial charge on any atom is -0.399 e. The molecule has 84 valence electrons. The first-order valence-corrected chi connectivity index (χ1v) is 4.95. The molecular formula is C11H12N2O3. The van der Waals surface area contributed by atoms with Gasteiger partial charge in [0, 0.05) is 11.7 Å². The highest BCUT2D eigenvalue weighted by atomic mass is 16.4. The van der Waals surface area contributed by atoms with E-state index in [1.165, 1.54) is 10.6 Å². The molecule has 5 heteroatoms. The highest BCUT2D eigenvalue weighted by Gasteiger charge is 2.11. The lowest BCUT2D eigenvalue weighted by Crippen LogP contribution is -2.26. The Morgan fingerprint density at radius 2 is 2.00 bits per heavy atom. The molecule has 0 atom stereocenters. The average Bonchev–Trinajstić information content (AvgIpc) is 2.18. The van der Waals surface area contributed by atoms with Gasteiger partial charge in [-0.25, -0.2) is 9.59 Å². The van der Waals surface area contributed by atoms with Crippen LogP contribution in [0.25, 0.3) is 10.9 Å². The van der Waals surface area contributed by atoms with Gasteiger partial charge in [-0.15, -0.1) is 0 Å². The van der Waals surface area contributed by atoms with Crippen LogP contribution < -0.4 is 17.1 Å². The van der Waals surface area contributed by atoms with Gasteiger partial charge in [-0.1, -0.05) is 0 Å². The third kappa shape index (κ3) is 1.50. The number of nitrogen functional groups attached to an aromatic ring is 1. The lowest BCUT2D eigenvalue weighted by molar-refractivity contribution is 0.399. The molecule has 1 aromatic heterocycles. The molecule has 2 N–H and O–H groups in total. The molecule has 16 heavy (non-hydrogen) atoms. The number of nitrogens with two attached hydrogens (primary N) is 1. The molecule has 0 fully saturated rings. The second-order valence-electron chi connectivity index (χ2n) is 3.90. The van der Waals surface area contributed by atoms with E-state index in [9.17, 15) is 9.59 Å². The second-order valence-corrected chi connectivity index (χ2v) is 3.90. The largest absolute Gasteiger partial charge is 0.422 e. The molecule has 0 saturated heterocycles. The van der Waals surface area contributed by atoms with Gasteiger partial charge in [-0.3, -0.25) is 4.57 Å². The molecule has 1 aromatic carbocycles. The summed E-state index contributed by atoms with van der Waals surface area (Å²) >= 11 is 0. The minimum atomic E-state index is -0.649. The van der Waals surface area contributed by atoms with Crippen molar-refractivity contribution in [2.45, 2.75) is 19.9 Å². The second kappa shape index (κ2) is 3.52. The highest BCUT2D eigenvalue weighted by Crippen LogP contribution is 2.15. The van der Waals surface area contributed by atoms with E-state index < -0.39 is 11.4 Å². The van der Waals surface area contributed by atoms with E-state index in [4.69, 9.17) is 5.73 Å². The van der Waals surface area contributed by atoms with Gasteiger partial charge in [-0.05, 0) is 32.0 Å². The smallest absolute Gasteiger partial charge is 0.399 e. The van der Waals surface area contributed by atoms with Gasteiger partial charge < -0.3 is 10.2 Å². The van der Waals surface area contributed by atoms with Gasteiger partial charge in [-0.2, -0.15) is 0 Å². The van der Waals surface area contributed by atoms with Crippen LogP contribution in [0, 0.1) is 0 Å². The van der Waals surface area contributed by atoms with Gasteiger partial charge >= 0.3 is 11.4 Å². The summed E-state index contributed by atoms with van der Waals surface area (Å²) in [5, 5.41) is 0.327. The standard InChI is InChI=1S/C11H12N2O3/c1-6(2)13-9-4-3-7(12)5-8(9)10(14)16-11(13)15/h3-6H,12H2,1-2H3. The topological polar surface area (TPSA) is 78.2 Å². The zero-order valence-corrected chi connectivity index (χ0v) is 9.06. The predicted octanol–water partition coefficient (Wildman–Crippen LogP) is 1.12. The number of anilines is 1. The molecule has 0 radical (unpaired) electrons. The number of nitrogens with zero attached hydrogens (tertiary/aromatic N) is 1. The van der Waals surface area contributed by atoms with E-state index >= 15 is 0 Å². The monoisotopic (exact) mass is 220 g/mol. The Labute approximate surface area is 91.1 Å². The van der Waals surface area contributed by atoms with Gasteiger partial charge in [0.05, 0.1) is 10.9 Å². The summed E-state index contributed by atoms with van der Waals surface area (Å²) in [6, 6.07) is 4.74. The van der Waals surface area contributed by atoms with Crippen molar-refractivity contribution in [3.8, 4) is 0 Å². The van der Waals surface area contributed by atoms with Crippen LogP contribution in [0.2, 0.25) is 0 Å². The molecule has 0 aliphatic carbocycles. The molecule has 0 aliphatic heterocycles. The van der Waals surface area contributed by atoms with Crippen LogP contribution in [-0.2, 0) is 0 Å². The Bertz CT molecular complexity index is 652. The predicted molar refractivity (Wildman–Crippen MR) is 61.5 cm³/mol. The van der Waals surface area contributed by atoms with Crippen LogP contribution in [0.3, 0.4) is 0 Å². The summed E-state index contributed by atoms with van der Waals surface area (Å²) in [6.45, 7) is 3.69. The molecule has 0 aliphatic rings. The summed E-state index contributed by atoms with van der Waals surface area (Å²) in [6.07, 6.45) is 0. The molecule has 2 rings (SSSR count). The molecule has 0 bridgehead atoms. The number of aromatic nitrogens is 1. The van der Waals surface area contributed by atoms with Crippen LogP contribution in [-0.4, -0.2) is 4.57 Å². The molecule has 0 spiro atoms. The van der Waals surface area contributed by atoms with E-state index in [0.717, 1.165) is 0 Å². The Kier molecular flexibility index (Phi) is 2.30. The van der Waals surface area contributed by atoms with Gasteiger partial charge in [0.25, 0.3) is 0 Å². The fourth-order valence-electron chi connectivity index (χ4n) is 1.70. The van der Waals surface area contributed by atoms with E-state index in [1.807, 2.05) is 13.8 Å². The third-order valence-corrected chi connectivity index (χ3v) is 2.39. The first kappa shape index (κ1) is 10.5. The number of rotatable bonds is 1. The Hall–Kier alpha value is -2.04. The molecule has 2 aromatic rings. The number of benzene rings is 1. The Morgan fingerprint density at radius 3 is 2.62 bits per heavy atom. The van der Waals surface area contributed by atoms with Crippen molar-refractivity contribution < 1.29 is 4.42 Å². The zero-order valence-electron chi connectivity index (χ0n) is 9.06. The lowest BCUT2D eigenvalue weighted by atomic mass is 10.2. The van der Waals surface area contributed by atoms with Crippen molar-refractivity contribution in [1.82, 2.24) is 4.57 Å². The number of hydrogen-bond donors (Lipinski definition) is 1. The maximum atomic E-state index is 11.5.